The standard InChI is InChI=1S/C25H24FN3O/c1-17-23-7-4-14-28(23)15-16-29(17)24(30)13-12-21-20-5-2-3-6-22(20)27-25(21)18-8-10-19(26)11-9-18/h2-11,14,17,27H,12-13,15-16H2,1H3. The third-order valence-electron chi connectivity index (χ3n) is 6.20. The number of nitrogens with zero attached hydrogens (tertiary/aromatic N) is 2. The van der Waals surface area contributed by atoms with Gasteiger partial charge in [-0.25, -0.2) is 4.39 Å². The maximum absolute atomic E-state index is 13.4. The van der Waals surface area contributed by atoms with Crippen molar-refractivity contribution < 1.29 is 9.18 Å². The van der Waals surface area contributed by atoms with Gasteiger partial charge in [-0.15, -0.1) is 0 Å². The number of aromatic amines is 1. The third-order valence-corrected chi connectivity index (χ3v) is 6.20. The Bertz CT molecular complexity index is 1200. The number of aryl methyl sites for hydroxylation is 1. The van der Waals surface area contributed by atoms with Gasteiger partial charge in [0.15, 0.2) is 0 Å². The quantitative estimate of drug-likeness (QED) is 0.495. The van der Waals surface area contributed by atoms with Crippen molar-refractivity contribution in [1.29, 1.82) is 0 Å². The van der Waals surface area contributed by atoms with Crippen LogP contribution in [0.4, 0.5) is 4.39 Å². The van der Waals surface area contributed by atoms with Crippen LogP contribution in [-0.4, -0.2) is 26.9 Å². The number of rotatable bonds is 4. The number of H-pyrrole nitrogens is 1. The molecule has 4 aromatic rings. The average Bonchev–Trinajstić information content (AvgIpc) is 3.38. The molecule has 1 aliphatic rings. The molecule has 3 heterocycles. The predicted molar refractivity (Wildman–Crippen MR) is 117 cm³/mol. The molecule has 1 amide bonds. The molecule has 0 saturated carbocycles. The number of halogens is 1. The van der Waals surface area contributed by atoms with Crippen molar-refractivity contribution in [3.05, 3.63) is 83.9 Å². The number of nitrogens with one attached hydrogen (secondary N) is 1. The molecule has 0 fully saturated rings. The number of aromatic nitrogens is 2. The largest absolute Gasteiger partial charge is 0.354 e. The lowest BCUT2D eigenvalue weighted by molar-refractivity contribution is -0.134. The van der Waals surface area contributed by atoms with Crippen LogP contribution in [0.1, 0.15) is 30.6 Å². The van der Waals surface area contributed by atoms with E-state index >= 15 is 0 Å². The van der Waals surface area contributed by atoms with Gasteiger partial charge in [0.1, 0.15) is 5.82 Å². The lowest BCUT2D eigenvalue weighted by Crippen LogP contribution is -2.40. The van der Waals surface area contributed by atoms with E-state index in [0.717, 1.165) is 40.8 Å². The number of para-hydroxylation sites is 1. The molecule has 1 N–H and O–H groups in total. The number of benzene rings is 2. The summed E-state index contributed by atoms with van der Waals surface area (Å²) < 4.78 is 15.6. The Morgan fingerprint density at radius 3 is 2.70 bits per heavy atom. The first-order valence-electron chi connectivity index (χ1n) is 10.4. The summed E-state index contributed by atoms with van der Waals surface area (Å²) >= 11 is 0. The summed E-state index contributed by atoms with van der Waals surface area (Å²) in [6.07, 6.45) is 3.16. The van der Waals surface area contributed by atoms with Gasteiger partial charge in [-0.1, -0.05) is 18.2 Å². The van der Waals surface area contributed by atoms with Crippen LogP contribution in [0.25, 0.3) is 22.2 Å². The molecule has 0 spiro atoms. The first-order chi connectivity index (χ1) is 14.6. The van der Waals surface area contributed by atoms with Crippen molar-refractivity contribution >= 4 is 16.8 Å². The second-order valence-corrected chi connectivity index (χ2v) is 7.92. The van der Waals surface area contributed by atoms with Gasteiger partial charge < -0.3 is 14.5 Å². The first-order valence-corrected chi connectivity index (χ1v) is 10.4. The number of fused-ring (bicyclic) bond motifs is 2. The highest BCUT2D eigenvalue weighted by molar-refractivity contribution is 5.91. The van der Waals surface area contributed by atoms with E-state index in [2.05, 4.69) is 34.8 Å². The van der Waals surface area contributed by atoms with Gasteiger partial charge >= 0.3 is 0 Å². The molecule has 1 unspecified atom stereocenters. The molecular weight excluding hydrogens is 377 g/mol. The maximum atomic E-state index is 13.4. The molecule has 5 heteroatoms. The summed E-state index contributed by atoms with van der Waals surface area (Å²) in [5, 5.41) is 1.12. The van der Waals surface area contributed by atoms with Crippen LogP contribution in [0.15, 0.2) is 66.9 Å². The van der Waals surface area contributed by atoms with Crippen molar-refractivity contribution in [2.75, 3.05) is 6.54 Å². The fourth-order valence-electron chi connectivity index (χ4n) is 4.62. The number of hydrogen-bond acceptors (Lipinski definition) is 1. The molecule has 5 rings (SSSR count). The average molecular weight is 401 g/mol. The second kappa shape index (κ2) is 7.48. The van der Waals surface area contributed by atoms with Gasteiger partial charge in [0.05, 0.1) is 6.04 Å². The minimum absolute atomic E-state index is 0.0841. The summed E-state index contributed by atoms with van der Waals surface area (Å²) in [5.41, 5.74) is 5.22. The topological polar surface area (TPSA) is 41.0 Å². The summed E-state index contributed by atoms with van der Waals surface area (Å²) in [7, 11) is 0. The normalized spacial score (nSPS) is 16.1. The van der Waals surface area contributed by atoms with Crippen LogP contribution in [0.3, 0.4) is 0 Å². The number of carbonyl (C=O) groups is 1. The SMILES string of the molecule is CC1c2cccn2CCN1C(=O)CCc1c(-c2ccc(F)cc2)[nH]c2ccccc12. The van der Waals surface area contributed by atoms with Gasteiger partial charge in [0, 0.05) is 48.0 Å². The van der Waals surface area contributed by atoms with Crippen molar-refractivity contribution in [2.24, 2.45) is 0 Å². The number of hydrogen-bond donors (Lipinski definition) is 1. The van der Waals surface area contributed by atoms with E-state index in [0.29, 0.717) is 12.8 Å². The monoisotopic (exact) mass is 401 g/mol. The fourth-order valence-corrected chi connectivity index (χ4v) is 4.62. The summed E-state index contributed by atoms with van der Waals surface area (Å²) in [6.45, 7) is 3.67. The Labute approximate surface area is 174 Å². The van der Waals surface area contributed by atoms with Crippen molar-refractivity contribution in [3.63, 3.8) is 0 Å². The first kappa shape index (κ1) is 18.7. The molecule has 30 heavy (non-hydrogen) atoms. The predicted octanol–water partition coefficient (Wildman–Crippen LogP) is 5.31. The van der Waals surface area contributed by atoms with E-state index in [4.69, 9.17) is 0 Å². The molecule has 0 aliphatic carbocycles. The lowest BCUT2D eigenvalue weighted by atomic mass is 10.0. The molecule has 152 valence electrons. The van der Waals surface area contributed by atoms with Crippen LogP contribution < -0.4 is 0 Å². The Balaban J connectivity index is 1.42. The van der Waals surface area contributed by atoms with Crippen LogP contribution >= 0.6 is 0 Å². The molecule has 0 bridgehead atoms. The number of carbonyl (C=O) groups excluding carboxylic acids is 1. The van der Waals surface area contributed by atoms with Crippen LogP contribution in [0.5, 0.6) is 0 Å². The zero-order valence-corrected chi connectivity index (χ0v) is 16.9. The van der Waals surface area contributed by atoms with E-state index in [-0.39, 0.29) is 17.8 Å². The summed E-state index contributed by atoms with van der Waals surface area (Å²) in [4.78, 5) is 18.6. The lowest BCUT2D eigenvalue weighted by Gasteiger charge is -2.35. The van der Waals surface area contributed by atoms with Gasteiger partial charge in [-0.2, -0.15) is 0 Å². The molecule has 2 aromatic carbocycles. The van der Waals surface area contributed by atoms with Crippen molar-refractivity contribution in [1.82, 2.24) is 14.5 Å². The molecule has 1 aliphatic heterocycles. The molecule has 0 radical (unpaired) electrons. The third kappa shape index (κ3) is 3.20. The smallest absolute Gasteiger partial charge is 0.223 e. The summed E-state index contributed by atoms with van der Waals surface area (Å²) in [6, 6.07) is 18.9. The maximum Gasteiger partial charge on any atom is 0.223 e. The Hall–Kier alpha value is -3.34. The van der Waals surface area contributed by atoms with Crippen molar-refractivity contribution in [2.45, 2.75) is 32.4 Å². The minimum Gasteiger partial charge on any atom is -0.354 e. The van der Waals surface area contributed by atoms with E-state index in [9.17, 15) is 9.18 Å². The molecule has 1 atom stereocenters. The highest BCUT2D eigenvalue weighted by Crippen LogP contribution is 2.32. The van der Waals surface area contributed by atoms with Crippen LogP contribution in [0, 0.1) is 5.82 Å². The van der Waals surface area contributed by atoms with Gasteiger partial charge in [-0.3, -0.25) is 4.79 Å². The van der Waals surface area contributed by atoms with Gasteiger partial charge in [0.2, 0.25) is 5.91 Å². The van der Waals surface area contributed by atoms with Gasteiger partial charge in [-0.05, 0) is 66.9 Å². The minimum atomic E-state index is -0.254. The van der Waals surface area contributed by atoms with E-state index in [1.807, 2.05) is 29.2 Å². The second-order valence-electron chi connectivity index (χ2n) is 7.92. The van der Waals surface area contributed by atoms with E-state index < -0.39 is 0 Å². The van der Waals surface area contributed by atoms with E-state index in [1.165, 1.54) is 17.8 Å². The Morgan fingerprint density at radius 1 is 1.07 bits per heavy atom. The molecular formula is C25H24FN3O. The molecule has 0 saturated heterocycles. The molecule has 2 aromatic heterocycles. The zero-order chi connectivity index (χ0) is 20.7. The van der Waals surface area contributed by atoms with Crippen LogP contribution in [0.2, 0.25) is 0 Å². The highest BCUT2D eigenvalue weighted by atomic mass is 19.1. The van der Waals surface area contributed by atoms with Crippen molar-refractivity contribution in [3.8, 4) is 11.3 Å². The zero-order valence-electron chi connectivity index (χ0n) is 16.9. The summed E-state index contributed by atoms with van der Waals surface area (Å²) in [5.74, 6) is -0.0827. The highest BCUT2D eigenvalue weighted by Gasteiger charge is 2.27. The van der Waals surface area contributed by atoms with Gasteiger partial charge in [0.25, 0.3) is 0 Å². The Kier molecular flexibility index (Phi) is 4.66. The van der Waals surface area contributed by atoms with Crippen LogP contribution in [-0.2, 0) is 17.8 Å². The Morgan fingerprint density at radius 2 is 1.87 bits per heavy atom. The van der Waals surface area contributed by atoms with E-state index in [1.54, 1.807) is 12.1 Å². The number of amides is 1. The molecule has 4 nitrogen and oxygen atoms in total. The fraction of sp³-hybridized carbons (Fsp3) is 0.240.